The topological polar surface area (TPSA) is 92.6 Å². The van der Waals surface area contributed by atoms with Crippen molar-refractivity contribution in [3.63, 3.8) is 0 Å². The van der Waals surface area contributed by atoms with Gasteiger partial charge in [0.05, 0.1) is 10.9 Å². The molecule has 0 saturated heterocycles. The number of hydrogen-bond acceptors (Lipinski definition) is 4. The maximum absolute atomic E-state index is 13.1. The van der Waals surface area contributed by atoms with Crippen molar-refractivity contribution in [1.82, 2.24) is 19.4 Å². The summed E-state index contributed by atoms with van der Waals surface area (Å²) in [5.41, 5.74) is -0.346. The number of halogens is 4. The van der Waals surface area contributed by atoms with E-state index in [1.807, 2.05) is 0 Å². The standard InChI is InChI=1S/C23H24F4N4O3S/c1-14(15-2-6-17(24)7-3-15)28-22(32)16-4-8-18(9-5-16)30-35(33,34)19-10-11-21-29-20(23(25,26)27)13-31(21)12-19/h2-3,6-7,10-14,16,18,30H,4-5,8-9H2,1H3,(H,28,32)/t14-,16-,18-/m1/s1. The van der Waals surface area contributed by atoms with Gasteiger partial charge in [0, 0.05) is 24.4 Å². The number of rotatable bonds is 6. The van der Waals surface area contributed by atoms with E-state index in [0.29, 0.717) is 25.7 Å². The lowest BCUT2D eigenvalue weighted by Gasteiger charge is -2.29. The van der Waals surface area contributed by atoms with Gasteiger partial charge in [0.25, 0.3) is 0 Å². The average Bonchev–Trinajstić information content (AvgIpc) is 3.24. The van der Waals surface area contributed by atoms with Gasteiger partial charge in [0.15, 0.2) is 5.69 Å². The second-order valence-corrected chi connectivity index (χ2v) is 10.4. The zero-order valence-corrected chi connectivity index (χ0v) is 19.5. The summed E-state index contributed by atoms with van der Waals surface area (Å²) in [5, 5.41) is 2.92. The first-order valence-electron chi connectivity index (χ1n) is 11.1. The molecule has 188 valence electrons. The highest BCUT2D eigenvalue weighted by Crippen LogP contribution is 2.29. The van der Waals surface area contributed by atoms with E-state index in [1.54, 1.807) is 19.1 Å². The molecule has 1 amide bonds. The molecule has 4 rings (SSSR count). The van der Waals surface area contributed by atoms with Gasteiger partial charge in [-0.05, 0) is 62.4 Å². The first kappa shape index (κ1) is 25.1. The second-order valence-electron chi connectivity index (χ2n) is 8.71. The third kappa shape index (κ3) is 5.81. The predicted molar refractivity (Wildman–Crippen MR) is 119 cm³/mol. The SMILES string of the molecule is C[C@@H](NC(=O)[C@H]1CC[C@H](NS(=O)(=O)c2ccc3nc(C(F)(F)F)cn3c2)CC1)c1ccc(F)cc1. The Hall–Kier alpha value is -2.99. The molecule has 12 heteroatoms. The van der Waals surface area contributed by atoms with Crippen LogP contribution in [-0.2, 0) is 21.0 Å². The smallest absolute Gasteiger partial charge is 0.349 e. The van der Waals surface area contributed by atoms with Crippen LogP contribution in [0.1, 0.15) is 49.9 Å². The summed E-state index contributed by atoms with van der Waals surface area (Å²) in [6.45, 7) is 1.81. The van der Waals surface area contributed by atoms with Gasteiger partial charge in [0.2, 0.25) is 15.9 Å². The van der Waals surface area contributed by atoms with Crippen molar-refractivity contribution in [2.75, 3.05) is 0 Å². The molecule has 7 nitrogen and oxygen atoms in total. The highest BCUT2D eigenvalue weighted by atomic mass is 32.2. The van der Waals surface area contributed by atoms with Crippen LogP contribution in [-0.4, -0.2) is 29.8 Å². The minimum absolute atomic E-state index is 0.0161. The number of pyridine rings is 1. The second kappa shape index (κ2) is 9.57. The molecule has 0 aliphatic heterocycles. The Morgan fingerprint density at radius 1 is 1.06 bits per heavy atom. The van der Waals surface area contributed by atoms with E-state index in [2.05, 4.69) is 15.0 Å². The largest absolute Gasteiger partial charge is 0.434 e. The fourth-order valence-electron chi connectivity index (χ4n) is 4.19. The first-order valence-corrected chi connectivity index (χ1v) is 12.5. The van der Waals surface area contributed by atoms with Gasteiger partial charge < -0.3 is 9.72 Å². The van der Waals surface area contributed by atoms with E-state index in [9.17, 15) is 30.8 Å². The molecule has 1 aromatic carbocycles. The molecule has 35 heavy (non-hydrogen) atoms. The molecule has 0 unspecified atom stereocenters. The van der Waals surface area contributed by atoms with Crippen LogP contribution in [0.4, 0.5) is 17.6 Å². The van der Waals surface area contributed by atoms with Crippen molar-refractivity contribution in [1.29, 1.82) is 0 Å². The van der Waals surface area contributed by atoms with Crippen LogP contribution in [0.5, 0.6) is 0 Å². The molecule has 0 spiro atoms. The molecule has 2 N–H and O–H groups in total. The molecule has 0 bridgehead atoms. The van der Waals surface area contributed by atoms with Crippen molar-refractivity contribution in [2.45, 2.75) is 55.8 Å². The highest BCUT2D eigenvalue weighted by Gasteiger charge is 2.34. The van der Waals surface area contributed by atoms with Crippen LogP contribution < -0.4 is 10.0 Å². The average molecular weight is 513 g/mol. The summed E-state index contributed by atoms with van der Waals surface area (Å²) in [6, 6.07) is 7.60. The van der Waals surface area contributed by atoms with Gasteiger partial charge >= 0.3 is 6.18 Å². The van der Waals surface area contributed by atoms with Crippen LogP contribution in [0.15, 0.2) is 53.7 Å². The Balaban J connectivity index is 1.34. The van der Waals surface area contributed by atoms with Crippen LogP contribution in [0.3, 0.4) is 0 Å². The molecule has 2 aromatic heterocycles. The van der Waals surface area contributed by atoms with E-state index in [0.717, 1.165) is 22.4 Å². The van der Waals surface area contributed by atoms with E-state index in [-0.39, 0.29) is 34.2 Å². The van der Waals surface area contributed by atoms with Gasteiger partial charge in [-0.3, -0.25) is 4.79 Å². The molecular formula is C23H24F4N4O3S. The lowest BCUT2D eigenvalue weighted by atomic mass is 9.85. The normalized spacial score (nSPS) is 20.0. The third-order valence-corrected chi connectivity index (χ3v) is 7.68. The van der Waals surface area contributed by atoms with Crippen molar-refractivity contribution in [3.8, 4) is 0 Å². The Kier molecular flexibility index (Phi) is 6.87. The van der Waals surface area contributed by atoms with Gasteiger partial charge in [-0.25, -0.2) is 22.5 Å². The lowest BCUT2D eigenvalue weighted by molar-refractivity contribution is -0.140. The number of imidazole rings is 1. The number of carbonyl (C=O) groups excluding carboxylic acids is 1. The third-order valence-electron chi connectivity index (χ3n) is 6.17. The van der Waals surface area contributed by atoms with Crippen molar-refractivity contribution in [2.24, 2.45) is 5.92 Å². The molecule has 3 aromatic rings. The van der Waals surface area contributed by atoms with E-state index in [1.165, 1.54) is 24.3 Å². The molecular weight excluding hydrogens is 488 g/mol. The minimum atomic E-state index is -4.63. The number of hydrogen-bond donors (Lipinski definition) is 2. The summed E-state index contributed by atoms with van der Waals surface area (Å²) in [7, 11) is -3.98. The van der Waals surface area contributed by atoms with E-state index >= 15 is 0 Å². The summed E-state index contributed by atoms with van der Waals surface area (Å²) in [6.07, 6.45) is -0.969. The van der Waals surface area contributed by atoms with Crippen molar-refractivity contribution >= 4 is 21.6 Å². The number of alkyl halides is 3. The van der Waals surface area contributed by atoms with Crippen LogP contribution in [0, 0.1) is 11.7 Å². The van der Waals surface area contributed by atoms with E-state index in [4.69, 9.17) is 0 Å². The van der Waals surface area contributed by atoms with Gasteiger partial charge in [-0.15, -0.1) is 0 Å². The zero-order chi connectivity index (χ0) is 25.4. The quantitative estimate of drug-likeness (QED) is 0.484. The Morgan fingerprint density at radius 2 is 1.71 bits per heavy atom. The van der Waals surface area contributed by atoms with Gasteiger partial charge in [0.1, 0.15) is 11.5 Å². The minimum Gasteiger partial charge on any atom is -0.349 e. The van der Waals surface area contributed by atoms with E-state index < -0.39 is 27.9 Å². The Labute approximate surface area is 199 Å². The number of aromatic nitrogens is 2. The zero-order valence-electron chi connectivity index (χ0n) is 18.7. The van der Waals surface area contributed by atoms with Gasteiger partial charge in [-0.1, -0.05) is 12.1 Å². The van der Waals surface area contributed by atoms with Crippen molar-refractivity contribution in [3.05, 3.63) is 65.9 Å². The maximum atomic E-state index is 13.1. The number of benzene rings is 1. The number of fused-ring (bicyclic) bond motifs is 1. The van der Waals surface area contributed by atoms with Crippen LogP contribution in [0.2, 0.25) is 0 Å². The van der Waals surface area contributed by atoms with Crippen LogP contribution in [0.25, 0.3) is 5.65 Å². The molecule has 1 aliphatic carbocycles. The molecule has 1 fully saturated rings. The number of nitrogens with zero attached hydrogens (tertiary/aromatic N) is 2. The molecule has 2 heterocycles. The summed E-state index contributed by atoms with van der Waals surface area (Å²) < 4.78 is 81.0. The Bertz CT molecular complexity index is 1310. The number of amides is 1. The number of nitrogens with one attached hydrogen (secondary N) is 2. The number of carbonyl (C=O) groups is 1. The number of sulfonamides is 1. The van der Waals surface area contributed by atoms with Crippen molar-refractivity contribution < 1.29 is 30.8 Å². The fourth-order valence-corrected chi connectivity index (χ4v) is 5.50. The van der Waals surface area contributed by atoms with Crippen LogP contribution >= 0.6 is 0 Å². The molecule has 0 radical (unpaired) electrons. The predicted octanol–water partition coefficient (Wildman–Crippen LogP) is 4.21. The molecule has 1 atom stereocenters. The molecule has 1 saturated carbocycles. The lowest BCUT2D eigenvalue weighted by Crippen LogP contribution is -2.41. The monoisotopic (exact) mass is 512 g/mol. The summed E-state index contributed by atoms with van der Waals surface area (Å²) >= 11 is 0. The summed E-state index contributed by atoms with van der Waals surface area (Å²) in [5.74, 6) is -0.778. The molecule has 1 aliphatic rings. The van der Waals surface area contributed by atoms with Gasteiger partial charge in [-0.2, -0.15) is 13.2 Å². The Morgan fingerprint density at radius 3 is 2.34 bits per heavy atom. The maximum Gasteiger partial charge on any atom is 0.434 e. The fraction of sp³-hybridized carbons (Fsp3) is 0.391. The summed E-state index contributed by atoms with van der Waals surface area (Å²) in [4.78, 5) is 15.9. The first-order chi connectivity index (χ1) is 16.4. The highest BCUT2D eigenvalue weighted by molar-refractivity contribution is 7.89.